The van der Waals surface area contributed by atoms with E-state index in [4.69, 9.17) is 0 Å². The van der Waals surface area contributed by atoms with E-state index in [2.05, 4.69) is 12.2 Å². The molecule has 2 aromatic carbocycles. The molecule has 6 nitrogen and oxygen atoms in total. The Morgan fingerprint density at radius 3 is 2.41 bits per heavy atom. The molecule has 0 saturated carbocycles. The van der Waals surface area contributed by atoms with E-state index < -0.39 is 0 Å². The maximum Gasteiger partial charge on any atom is 0.232 e. The lowest BCUT2D eigenvalue weighted by Gasteiger charge is -2.26. The van der Waals surface area contributed by atoms with Gasteiger partial charge in [0.2, 0.25) is 17.7 Å². The molecular formula is C23H27N3O3. The van der Waals surface area contributed by atoms with Crippen molar-refractivity contribution in [1.29, 1.82) is 0 Å². The lowest BCUT2D eigenvalue weighted by molar-refractivity contribution is -0.124. The second-order valence-electron chi connectivity index (χ2n) is 7.31. The minimum Gasteiger partial charge on any atom is -0.326 e. The third-order valence-corrected chi connectivity index (χ3v) is 5.04. The summed E-state index contributed by atoms with van der Waals surface area (Å²) in [6, 6.07) is 16.7. The van der Waals surface area contributed by atoms with Gasteiger partial charge in [0.1, 0.15) is 0 Å². The van der Waals surface area contributed by atoms with E-state index in [9.17, 15) is 14.4 Å². The predicted octanol–water partition coefficient (Wildman–Crippen LogP) is 3.83. The van der Waals surface area contributed by atoms with Crippen LogP contribution in [0.2, 0.25) is 0 Å². The quantitative estimate of drug-likeness (QED) is 0.777. The topological polar surface area (TPSA) is 69.7 Å². The van der Waals surface area contributed by atoms with Crippen molar-refractivity contribution in [2.75, 3.05) is 28.2 Å². The molecule has 1 aliphatic heterocycles. The van der Waals surface area contributed by atoms with Crippen LogP contribution >= 0.6 is 0 Å². The summed E-state index contributed by atoms with van der Waals surface area (Å²) in [6.07, 6.45) is 2.12. The Balaban J connectivity index is 1.73. The summed E-state index contributed by atoms with van der Waals surface area (Å²) in [6.45, 7) is 4.56. The number of anilines is 3. The van der Waals surface area contributed by atoms with Crippen molar-refractivity contribution in [1.82, 2.24) is 0 Å². The van der Waals surface area contributed by atoms with Gasteiger partial charge in [-0.15, -0.1) is 0 Å². The third-order valence-electron chi connectivity index (χ3n) is 5.04. The highest BCUT2D eigenvalue weighted by atomic mass is 16.2. The SMILES string of the molecule is CCCCN(C(=O)C1CC(=O)N(c2ccc(NC(C)=O)cc2)C1)c1ccccc1. The second kappa shape index (κ2) is 9.37. The van der Waals surface area contributed by atoms with Crippen molar-refractivity contribution in [2.24, 2.45) is 5.92 Å². The molecular weight excluding hydrogens is 366 g/mol. The first-order valence-corrected chi connectivity index (χ1v) is 10.0. The van der Waals surface area contributed by atoms with E-state index >= 15 is 0 Å². The molecule has 0 bridgehead atoms. The smallest absolute Gasteiger partial charge is 0.232 e. The van der Waals surface area contributed by atoms with Gasteiger partial charge in [0.15, 0.2) is 0 Å². The number of carbonyl (C=O) groups excluding carboxylic acids is 3. The molecule has 1 saturated heterocycles. The number of nitrogens with zero attached hydrogens (tertiary/aromatic N) is 2. The fourth-order valence-electron chi connectivity index (χ4n) is 3.56. The van der Waals surface area contributed by atoms with Gasteiger partial charge in [-0.3, -0.25) is 14.4 Å². The Bertz CT molecular complexity index is 865. The van der Waals surface area contributed by atoms with Crippen LogP contribution in [0.3, 0.4) is 0 Å². The number of nitrogens with one attached hydrogen (secondary N) is 1. The van der Waals surface area contributed by atoms with Crippen LogP contribution in [-0.2, 0) is 14.4 Å². The molecule has 1 fully saturated rings. The van der Waals surface area contributed by atoms with Crippen molar-refractivity contribution in [3.8, 4) is 0 Å². The molecule has 29 heavy (non-hydrogen) atoms. The molecule has 1 heterocycles. The molecule has 3 rings (SSSR count). The standard InChI is InChI=1S/C23H27N3O3/c1-3-4-14-25(20-8-6-5-7-9-20)23(29)18-15-22(28)26(16-18)21-12-10-19(11-13-21)24-17(2)27/h5-13,18H,3-4,14-16H2,1-2H3,(H,24,27). The zero-order chi connectivity index (χ0) is 20.8. The molecule has 1 aliphatic rings. The summed E-state index contributed by atoms with van der Waals surface area (Å²) in [5, 5.41) is 2.71. The van der Waals surface area contributed by atoms with E-state index in [-0.39, 0.29) is 30.1 Å². The minimum atomic E-state index is -0.366. The number of para-hydroxylation sites is 1. The first-order valence-electron chi connectivity index (χ1n) is 10.0. The van der Waals surface area contributed by atoms with Crippen LogP contribution in [0.4, 0.5) is 17.1 Å². The normalized spacial score (nSPS) is 16.0. The first kappa shape index (κ1) is 20.6. The summed E-state index contributed by atoms with van der Waals surface area (Å²) in [4.78, 5) is 40.5. The maximum atomic E-state index is 13.2. The maximum absolute atomic E-state index is 13.2. The molecule has 1 unspecified atom stereocenters. The average Bonchev–Trinajstić information content (AvgIpc) is 3.11. The van der Waals surface area contributed by atoms with Gasteiger partial charge in [0.25, 0.3) is 0 Å². The largest absolute Gasteiger partial charge is 0.326 e. The average molecular weight is 393 g/mol. The predicted molar refractivity (Wildman–Crippen MR) is 115 cm³/mol. The Morgan fingerprint density at radius 1 is 1.10 bits per heavy atom. The van der Waals surface area contributed by atoms with E-state index in [1.54, 1.807) is 29.2 Å². The molecule has 152 valence electrons. The Labute approximate surface area is 171 Å². The van der Waals surface area contributed by atoms with Gasteiger partial charge in [-0.2, -0.15) is 0 Å². The molecule has 0 aromatic heterocycles. The molecule has 0 aliphatic carbocycles. The molecule has 3 amide bonds. The Morgan fingerprint density at radius 2 is 1.79 bits per heavy atom. The monoisotopic (exact) mass is 393 g/mol. The van der Waals surface area contributed by atoms with Crippen LogP contribution < -0.4 is 15.1 Å². The fraction of sp³-hybridized carbons (Fsp3) is 0.348. The number of amides is 3. The van der Waals surface area contributed by atoms with Crippen LogP contribution in [0.15, 0.2) is 54.6 Å². The van der Waals surface area contributed by atoms with Crippen LogP contribution in [0, 0.1) is 5.92 Å². The summed E-state index contributed by atoms with van der Waals surface area (Å²) < 4.78 is 0. The molecule has 1 atom stereocenters. The van der Waals surface area contributed by atoms with Crippen LogP contribution in [0.5, 0.6) is 0 Å². The van der Waals surface area contributed by atoms with E-state index in [0.717, 1.165) is 24.2 Å². The molecule has 1 N–H and O–H groups in total. The van der Waals surface area contributed by atoms with Crippen molar-refractivity contribution in [2.45, 2.75) is 33.1 Å². The number of hydrogen-bond donors (Lipinski definition) is 1. The van der Waals surface area contributed by atoms with Gasteiger partial charge in [0.05, 0.1) is 5.92 Å². The number of rotatable bonds is 7. The Kier molecular flexibility index (Phi) is 6.65. The number of hydrogen-bond acceptors (Lipinski definition) is 3. The number of benzene rings is 2. The number of unbranched alkanes of at least 4 members (excludes halogenated alkanes) is 1. The molecule has 0 spiro atoms. The lowest BCUT2D eigenvalue weighted by Crippen LogP contribution is -2.38. The van der Waals surface area contributed by atoms with Crippen LogP contribution in [0.1, 0.15) is 33.1 Å². The van der Waals surface area contributed by atoms with Crippen molar-refractivity contribution >= 4 is 34.8 Å². The highest BCUT2D eigenvalue weighted by Crippen LogP contribution is 2.29. The van der Waals surface area contributed by atoms with E-state index in [0.29, 0.717) is 18.8 Å². The van der Waals surface area contributed by atoms with Gasteiger partial charge < -0.3 is 15.1 Å². The first-order chi connectivity index (χ1) is 14.0. The molecule has 0 radical (unpaired) electrons. The van der Waals surface area contributed by atoms with E-state index in [1.807, 2.05) is 35.2 Å². The van der Waals surface area contributed by atoms with Crippen molar-refractivity contribution in [3.05, 3.63) is 54.6 Å². The number of carbonyl (C=O) groups is 3. The van der Waals surface area contributed by atoms with E-state index in [1.165, 1.54) is 6.92 Å². The lowest BCUT2D eigenvalue weighted by atomic mass is 10.1. The second-order valence-corrected chi connectivity index (χ2v) is 7.31. The zero-order valence-electron chi connectivity index (χ0n) is 16.9. The fourth-order valence-corrected chi connectivity index (χ4v) is 3.56. The summed E-state index contributed by atoms with van der Waals surface area (Å²) in [5.41, 5.74) is 2.28. The van der Waals surface area contributed by atoms with Gasteiger partial charge in [-0.25, -0.2) is 0 Å². The minimum absolute atomic E-state index is 0.00429. The van der Waals surface area contributed by atoms with Crippen LogP contribution in [0.25, 0.3) is 0 Å². The zero-order valence-corrected chi connectivity index (χ0v) is 16.9. The van der Waals surface area contributed by atoms with Gasteiger partial charge in [-0.05, 0) is 42.8 Å². The summed E-state index contributed by atoms with van der Waals surface area (Å²) in [5.74, 6) is -0.571. The summed E-state index contributed by atoms with van der Waals surface area (Å²) >= 11 is 0. The molecule has 2 aromatic rings. The third kappa shape index (κ3) is 5.02. The van der Waals surface area contributed by atoms with Crippen molar-refractivity contribution in [3.63, 3.8) is 0 Å². The highest BCUT2D eigenvalue weighted by molar-refractivity contribution is 6.04. The van der Waals surface area contributed by atoms with Gasteiger partial charge >= 0.3 is 0 Å². The van der Waals surface area contributed by atoms with Gasteiger partial charge in [-0.1, -0.05) is 31.5 Å². The Hall–Kier alpha value is -3.15. The van der Waals surface area contributed by atoms with Gasteiger partial charge in [0, 0.05) is 43.5 Å². The summed E-state index contributed by atoms with van der Waals surface area (Å²) in [7, 11) is 0. The van der Waals surface area contributed by atoms with Crippen LogP contribution in [-0.4, -0.2) is 30.8 Å². The molecule has 6 heteroatoms. The highest BCUT2D eigenvalue weighted by Gasteiger charge is 2.37. The van der Waals surface area contributed by atoms with Crippen molar-refractivity contribution < 1.29 is 14.4 Å².